The Bertz CT molecular complexity index is 999. The van der Waals surface area contributed by atoms with Gasteiger partial charge in [0.2, 0.25) is 5.88 Å². The molecule has 2 aromatic carbocycles. The van der Waals surface area contributed by atoms with E-state index >= 15 is 0 Å². The van der Waals surface area contributed by atoms with Gasteiger partial charge < -0.3 is 14.4 Å². The van der Waals surface area contributed by atoms with Gasteiger partial charge in [-0.05, 0) is 41.8 Å². The van der Waals surface area contributed by atoms with Crippen LogP contribution in [-0.4, -0.2) is 24.6 Å². The van der Waals surface area contributed by atoms with E-state index in [1.54, 1.807) is 13.3 Å². The average Bonchev–Trinajstić information content (AvgIpc) is 2.88. The van der Waals surface area contributed by atoms with Crippen LogP contribution in [0.2, 0.25) is 0 Å². The van der Waals surface area contributed by atoms with Gasteiger partial charge in [-0.25, -0.2) is 4.98 Å². The van der Waals surface area contributed by atoms with Crippen LogP contribution in [0.5, 0.6) is 5.88 Å². The predicted molar refractivity (Wildman–Crippen MR) is 108 cm³/mol. The Kier molecular flexibility index (Phi) is 5.08. The molecule has 2 heterocycles. The van der Waals surface area contributed by atoms with Crippen molar-refractivity contribution in [2.24, 2.45) is 0 Å². The van der Waals surface area contributed by atoms with Gasteiger partial charge in [0.15, 0.2) is 0 Å². The molecule has 1 aliphatic rings. The number of nitrogens with zero attached hydrogens (tertiary/aromatic N) is 2. The molecule has 1 amide bonds. The van der Waals surface area contributed by atoms with Gasteiger partial charge >= 0.3 is 0 Å². The maximum absolute atomic E-state index is 12.7. The third kappa shape index (κ3) is 3.75. The van der Waals surface area contributed by atoms with Gasteiger partial charge in [-0.2, -0.15) is 0 Å². The molecule has 4 rings (SSSR count). The van der Waals surface area contributed by atoms with Gasteiger partial charge in [0, 0.05) is 23.5 Å². The summed E-state index contributed by atoms with van der Waals surface area (Å²) in [5, 5.41) is 0. The lowest BCUT2D eigenvalue weighted by molar-refractivity contribution is -0.123. The molecule has 0 N–H and O–H groups in total. The second-order valence-electron chi connectivity index (χ2n) is 6.89. The van der Waals surface area contributed by atoms with Crippen LogP contribution >= 0.6 is 0 Å². The monoisotopic (exact) mass is 374 g/mol. The van der Waals surface area contributed by atoms with Gasteiger partial charge in [-0.1, -0.05) is 35.9 Å². The number of ether oxygens (including phenoxy) is 2. The summed E-state index contributed by atoms with van der Waals surface area (Å²) in [6.07, 6.45) is 1.73. The minimum absolute atomic E-state index is 0.0299. The van der Waals surface area contributed by atoms with Crippen LogP contribution in [0.15, 0.2) is 60.8 Å². The number of rotatable bonds is 4. The molecule has 1 aromatic heterocycles. The number of hydrogen-bond donors (Lipinski definition) is 0. The average molecular weight is 374 g/mol. The quantitative estimate of drug-likeness (QED) is 0.689. The first-order chi connectivity index (χ1) is 13.6. The third-order valence-electron chi connectivity index (χ3n) is 4.89. The van der Waals surface area contributed by atoms with E-state index in [1.165, 1.54) is 5.56 Å². The fraction of sp³-hybridized carbons (Fsp3) is 0.217. The van der Waals surface area contributed by atoms with Crippen molar-refractivity contribution in [3.8, 4) is 17.0 Å². The molecule has 0 atom stereocenters. The zero-order chi connectivity index (χ0) is 19.5. The van der Waals surface area contributed by atoms with E-state index in [9.17, 15) is 4.79 Å². The number of carbonyl (C=O) groups excluding carboxylic acids is 1. The summed E-state index contributed by atoms with van der Waals surface area (Å²) < 4.78 is 10.9. The van der Waals surface area contributed by atoms with Crippen LogP contribution in [0.4, 0.5) is 5.69 Å². The summed E-state index contributed by atoms with van der Waals surface area (Å²) in [6.45, 7) is 3.07. The number of hydrogen-bond acceptors (Lipinski definition) is 4. The van der Waals surface area contributed by atoms with Crippen LogP contribution in [0.3, 0.4) is 0 Å². The maximum atomic E-state index is 12.7. The Morgan fingerprint density at radius 1 is 1.04 bits per heavy atom. The van der Waals surface area contributed by atoms with Crippen LogP contribution in [0.1, 0.15) is 16.7 Å². The van der Waals surface area contributed by atoms with Crippen molar-refractivity contribution in [1.29, 1.82) is 0 Å². The van der Waals surface area contributed by atoms with Gasteiger partial charge in [0.05, 0.1) is 20.3 Å². The molecule has 0 radical (unpaired) electrons. The number of carbonyl (C=O) groups is 1. The van der Waals surface area contributed by atoms with Crippen molar-refractivity contribution in [2.75, 3.05) is 18.6 Å². The van der Waals surface area contributed by atoms with Crippen LogP contribution in [-0.2, 0) is 22.7 Å². The van der Waals surface area contributed by atoms with Crippen molar-refractivity contribution in [1.82, 2.24) is 4.98 Å². The highest BCUT2D eigenvalue weighted by molar-refractivity contribution is 5.96. The summed E-state index contributed by atoms with van der Waals surface area (Å²) in [5.41, 5.74) is 6.23. The number of benzene rings is 2. The Balaban J connectivity index is 1.69. The Morgan fingerprint density at radius 2 is 1.82 bits per heavy atom. The topological polar surface area (TPSA) is 51.7 Å². The zero-order valence-corrected chi connectivity index (χ0v) is 16.0. The Morgan fingerprint density at radius 3 is 2.61 bits per heavy atom. The molecular formula is C23H22N2O3. The second kappa shape index (κ2) is 7.82. The van der Waals surface area contributed by atoms with E-state index in [1.807, 2.05) is 29.2 Å². The van der Waals surface area contributed by atoms with Gasteiger partial charge in [-0.3, -0.25) is 4.79 Å². The molecule has 5 nitrogen and oxygen atoms in total. The van der Waals surface area contributed by atoms with Crippen LogP contribution in [0.25, 0.3) is 11.1 Å². The highest BCUT2D eigenvalue weighted by atomic mass is 16.5. The number of methoxy groups -OCH3 is 1. The highest BCUT2D eigenvalue weighted by Gasteiger charge is 2.23. The summed E-state index contributed by atoms with van der Waals surface area (Å²) >= 11 is 0. The molecule has 0 saturated heterocycles. The predicted octanol–water partition coefficient (Wildman–Crippen LogP) is 4.13. The maximum Gasteiger partial charge on any atom is 0.253 e. The van der Waals surface area contributed by atoms with Gasteiger partial charge in [0.25, 0.3) is 5.91 Å². The van der Waals surface area contributed by atoms with Gasteiger partial charge in [0.1, 0.15) is 6.61 Å². The lowest BCUT2D eigenvalue weighted by atomic mass is 10.0. The molecule has 0 spiro atoms. The first kappa shape index (κ1) is 18.2. The largest absolute Gasteiger partial charge is 0.481 e. The SMILES string of the molecule is COc1cc(-c2ccc3c(c2)COCC(=O)N3Cc2ccc(C)cc2)ccn1. The number of amides is 1. The zero-order valence-electron chi connectivity index (χ0n) is 16.0. The van der Waals surface area contributed by atoms with E-state index in [0.717, 1.165) is 27.9 Å². The number of pyridine rings is 1. The fourth-order valence-corrected chi connectivity index (χ4v) is 3.35. The summed E-state index contributed by atoms with van der Waals surface area (Å²) in [6, 6.07) is 18.2. The summed E-state index contributed by atoms with van der Waals surface area (Å²) in [4.78, 5) is 18.6. The first-order valence-electron chi connectivity index (χ1n) is 9.21. The van der Waals surface area contributed by atoms with E-state index < -0.39 is 0 Å². The summed E-state index contributed by atoms with van der Waals surface area (Å²) in [7, 11) is 1.60. The van der Waals surface area contributed by atoms with Crippen molar-refractivity contribution < 1.29 is 14.3 Å². The molecular weight excluding hydrogens is 352 g/mol. The van der Waals surface area contributed by atoms with Crippen molar-refractivity contribution >= 4 is 11.6 Å². The van der Waals surface area contributed by atoms with E-state index in [4.69, 9.17) is 9.47 Å². The normalized spacial score (nSPS) is 13.8. The minimum atomic E-state index is -0.0299. The van der Waals surface area contributed by atoms with Crippen LogP contribution in [0, 0.1) is 6.92 Å². The second-order valence-corrected chi connectivity index (χ2v) is 6.89. The number of anilines is 1. The van der Waals surface area contributed by atoms with Crippen molar-refractivity contribution in [3.63, 3.8) is 0 Å². The highest BCUT2D eigenvalue weighted by Crippen LogP contribution is 2.31. The fourth-order valence-electron chi connectivity index (χ4n) is 3.35. The van der Waals surface area contributed by atoms with Crippen molar-refractivity contribution in [3.05, 3.63) is 77.5 Å². The molecule has 0 fully saturated rings. The smallest absolute Gasteiger partial charge is 0.253 e. The minimum Gasteiger partial charge on any atom is -0.481 e. The lowest BCUT2D eigenvalue weighted by Gasteiger charge is -2.23. The third-order valence-corrected chi connectivity index (χ3v) is 4.89. The van der Waals surface area contributed by atoms with E-state index in [-0.39, 0.29) is 12.5 Å². The molecule has 0 unspecified atom stereocenters. The molecule has 1 aliphatic heterocycles. The van der Waals surface area contributed by atoms with E-state index in [0.29, 0.717) is 19.0 Å². The van der Waals surface area contributed by atoms with Crippen LogP contribution < -0.4 is 9.64 Å². The molecule has 3 aromatic rings. The molecule has 28 heavy (non-hydrogen) atoms. The first-order valence-corrected chi connectivity index (χ1v) is 9.21. The molecule has 142 valence electrons. The Labute approximate surface area is 164 Å². The lowest BCUT2D eigenvalue weighted by Crippen LogP contribution is -2.32. The standard InChI is InChI=1S/C23H22N2O3/c1-16-3-5-17(6-4-16)13-25-21-8-7-18(11-20(21)14-28-15-23(25)26)19-9-10-24-22(12-19)27-2/h3-12H,13-15H2,1-2H3. The molecule has 5 heteroatoms. The molecule has 0 bridgehead atoms. The number of aromatic nitrogens is 1. The van der Waals surface area contributed by atoms with Crippen molar-refractivity contribution in [2.45, 2.75) is 20.1 Å². The van der Waals surface area contributed by atoms with E-state index in [2.05, 4.69) is 42.2 Å². The summed E-state index contributed by atoms with van der Waals surface area (Å²) in [5.74, 6) is 0.539. The molecule has 0 aliphatic carbocycles. The molecule has 0 saturated carbocycles. The number of fused-ring (bicyclic) bond motifs is 1. The van der Waals surface area contributed by atoms with Gasteiger partial charge in [-0.15, -0.1) is 0 Å². The Hall–Kier alpha value is -3.18. The number of aryl methyl sites for hydroxylation is 1.